The van der Waals surface area contributed by atoms with E-state index in [9.17, 15) is 15.0 Å². The van der Waals surface area contributed by atoms with E-state index in [1.807, 2.05) is 0 Å². The molecule has 0 amide bonds. The van der Waals surface area contributed by atoms with E-state index in [0.717, 1.165) is 6.07 Å². The number of phenols is 2. The molecule has 3 rings (SSSR count). The van der Waals surface area contributed by atoms with Crippen LogP contribution in [0.4, 0.5) is 0 Å². The zero-order valence-electron chi connectivity index (χ0n) is 13.2. The van der Waals surface area contributed by atoms with Gasteiger partial charge in [-0.25, -0.2) is 0 Å². The summed E-state index contributed by atoms with van der Waals surface area (Å²) in [5, 5.41) is 19.3. The molecule has 22 heavy (non-hydrogen) atoms. The maximum atomic E-state index is 12.1. The fourth-order valence-electron chi connectivity index (χ4n) is 2.15. The van der Waals surface area contributed by atoms with Crippen LogP contribution in [0.5, 0.6) is 17.2 Å². The number of ether oxygens (including phenoxy) is 1. The number of benzene rings is 2. The minimum atomic E-state index is -0.375. The third kappa shape index (κ3) is 2.97. The van der Waals surface area contributed by atoms with Crippen molar-refractivity contribution in [1.82, 2.24) is 0 Å². The topological polar surface area (TPSA) is 79.9 Å². The molecule has 1 aromatic heterocycles. The molecule has 0 radical (unpaired) electrons. The molecule has 0 aliphatic carbocycles. The fourth-order valence-corrected chi connectivity index (χ4v) is 2.15. The van der Waals surface area contributed by atoms with Gasteiger partial charge in [-0.1, -0.05) is 0 Å². The van der Waals surface area contributed by atoms with Crippen molar-refractivity contribution < 1.29 is 50.4 Å². The number of hydrogen-bond donors (Lipinski definition) is 2. The van der Waals surface area contributed by atoms with E-state index in [2.05, 4.69) is 0 Å². The molecule has 0 unspecified atom stereocenters. The second-order valence-electron chi connectivity index (χ2n) is 4.54. The Bertz CT molecular complexity index is 874. The average molecular weight is 308 g/mol. The van der Waals surface area contributed by atoms with Crippen molar-refractivity contribution in [2.75, 3.05) is 7.11 Å². The molecule has 108 valence electrons. The van der Waals surface area contributed by atoms with Crippen molar-refractivity contribution in [1.29, 1.82) is 0 Å². The fraction of sp³-hybridized carbons (Fsp3) is 0.0625. The maximum Gasteiger partial charge on any atom is 1.00 e. The molecule has 0 aliphatic rings. The second-order valence-corrected chi connectivity index (χ2v) is 4.54. The molecule has 5 nitrogen and oxygen atoms in total. The molecule has 1 heterocycles. The Kier molecular flexibility index (Phi) is 4.81. The smallest absolute Gasteiger partial charge is 1.00 e. The first-order valence-electron chi connectivity index (χ1n) is 6.23. The van der Waals surface area contributed by atoms with Crippen LogP contribution in [0.1, 0.15) is 1.43 Å². The Morgan fingerprint density at radius 2 is 1.77 bits per heavy atom. The summed E-state index contributed by atoms with van der Waals surface area (Å²) in [6, 6.07) is 10.7. The van der Waals surface area contributed by atoms with Gasteiger partial charge in [0.1, 0.15) is 34.0 Å². The van der Waals surface area contributed by atoms with Crippen molar-refractivity contribution in [2.24, 2.45) is 0 Å². The van der Waals surface area contributed by atoms with Crippen LogP contribution in [0.2, 0.25) is 0 Å². The summed E-state index contributed by atoms with van der Waals surface area (Å²) in [5.41, 5.74) is 0.447. The number of aromatic hydroxyl groups is 2. The number of methoxy groups -OCH3 is 1. The van der Waals surface area contributed by atoms with Crippen molar-refractivity contribution in [3.63, 3.8) is 0 Å². The van der Waals surface area contributed by atoms with Crippen molar-refractivity contribution in [3.8, 4) is 28.6 Å². The van der Waals surface area contributed by atoms with E-state index < -0.39 is 0 Å². The van der Waals surface area contributed by atoms with Gasteiger partial charge in [-0.15, -0.1) is 0 Å². The van der Waals surface area contributed by atoms with Gasteiger partial charge in [0.15, 0.2) is 5.43 Å². The number of rotatable bonds is 2. The van der Waals surface area contributed by atoms with Gasteiger partial charge >= 0.3 is 29.6 Å². The van der Waals surface area contributed by atoms with Gasteiger partial charge in [0.25, 0.3) is 0 Å². The molecule has 0 aliphatic heterocycles. The zero-order valence-corrected chi connectivity index (χ0v) is 14.2. The van der Waals surface area contributed by atoms with Gasteiger partial charge in [-0.3, -0.25) is 4.79 Å². The molecule has 6 heteroatoms. The van der Waals surface area contributed by atoms with Crippen LogP contribution >= 0.6 is 0 Å². The third-order valence-corrected chi connectivity index (χ3v) is 3.17. The maximum absolute atomic E-state index is 12.1. The summed E-state index contributed by atoms with van der Waals surface area (Å²) in [4.78, 5) is 12.1. The van der Waals surface area contributed by atoms with Gasteiger partial charge < -0.3 is 20.8 Å². The Morgan fingerprint density at radius 3 is 2.41 bits per heavy atom. The Hall–Kier alpha value is -1.95. The molecular formula is C16H13NaO5. The molecule has 0 fully saturated rings. The Balaban J connectivity index is 0.00000132. The van der Waals surface area contributed by atoms with Crippen LogP contribution in [0.3, 0.4) is 0 Å². The van der Waals surface area contributed by atoms with E-state index >= 15 is 0 Å². The molecule has 0 saturated heterocycles. The Labute approximate surface area is 149 Å². The SMILES string of the molecule is COc1ccc(-c2cc(=O)c3c(O)cc(O)cc3o2)cc1.[H-].[Na+]. The van der Waals surface area contributed by atoms with Crippen LogP contribution < -0.4 is 39.7 Å². The third-order valence-electron chi connectivity index (χ3n) is 3.17. The first-order chi connectivity index (χ1) is 10.1. The molecule has 3 aromatic rings. The van der Waals surface area contributed by atoms with Crippen LogP contribution in [0.15, 0.2) is 51.7 Å². The number of phenolic OH excluding ortho intramolecular Hbond substituents is 2. The van der Waals surface area contributed by atoms with Crippen molar-refractivity contribution >= 4 is 11.0 Å². The standard InChI is InChI=1S/C16H12O5.Na.H/c1-20-11-4-2-9(3-5-11)14-8-13(19)16-12(18)6-10(17)7-15(16)21-14;;/h2-8,17-18H,1H3;;/q;+1;-1. The molecule has 0 atom stereocenters. The van der Waals surface area contributed by atoms with Crippen LogP contribution in [0, 0.1) is 0 Å². The molecule has 0 saturated carbocycles. The molecule has 0 bridgehead atoms. The largest absolute Gasteiger partial charge is 1.00 e. The normalized spacial score (nSPS) is 10.2. The van der Waals surface area contributed by atoms with E-state index in [4.69, 9.17) is 9.15 Å². The molecule has 2 N–H and O–H groups in total. The Morgan fingerprint density at radius 1 is 1.09 bits per heavy atom. The average Bonchev–Trinajstić information content (AvgIpc) is 2.46. The monoisotopic (exact) mass is 308 g/mol. The molecule has 2 aromatic carbocycles. The summed E-state index contributed by atoms with van der Waals surface area (Å²) >= 11 is 0. The first kappa shape index (κ1) is 16.4. The minimum Gasteiger partial charge on any atom is -1.00 e. The summed E-state index contributed by atoms with van der Waals surface area (Å²) in [6.45, 7) is 0. The van der Waals surface area contributed by atoms with Gasteiger partial charge in [0, 0.05) is 23.8 Å². The second kappa shape index (κ2) is 6.44. The van der Waals surface area contributed by atoms with Gasteiger partial charge in [0.05, 0.1) is 7.11 Å². The predicted molar refractivity (Wildman–Crippen MR) is 78.9 cm³/mol. The first-order valence-corrected chi connectivity index (χ1v) is 6.23. The number of hydrogen-bond acceptors (Lipinski definition) is 5. The van der Waals surface area contributed by atoms with Gasteiger partial charge in [-0.05, 0) is 24.3 Å². The summed E-state index contributed by atoms with van der Waals surface area (Å²) in [5.74, 6) is 0.562. The van der Waals surface area contributed by atoms with Crippen LogP contribution in [-0.2, 0) is 0 Å². The van der Waals surface area contributed by atoms with E-state index in [1.165, 1.54) is 12.1 Å². The van der Waals surface area contributed by atoms with Crippen LogP contribution in [-0.4, -0.2) is 17.3 Å². The number of fused-ring (bicyclic) bond motifs is 1. The molecule has 0 spiro atoms. The predicted octanol–water partition coefficient (Wildman–Crippen LogP) is -0.00370. The van der Waals surface area contributed by atoms with E-state index in [1.54, 1.807) is 31.4 Å². The molecular weight excluding hydrogens is 295 g/mol. The van der Waals surface area contributed by atoms with Gasteiger partial charge in [-0.2, -0.15) is 0 Å². The van der Waals surface area contributed by atoms with E-state index in [-0.39, 0.29) is 58.9 Å². The van der Waals surface area contributed by atoms with Crippen LogP contribution in [0.25, 0.3) is 22.3 Å². The summed E-state index contributed by atoms with van der Waals surface area (Å²) < 4.78 is 10.7. The summed E-state index contributed by atoms with van der Waals surface area (Å²) in [6.07, 6.45) is 0. The van der Waals surface area contributed by atoms with Crippen molar-refractivity contribution in [2.45, 2.75) is 0 Å². The summed E-state index contributed by atoms with van der Waals surface area (Å²) in [7, 11) is 1.57. The van der Waals surface area contributed by atoms with Gasteiger partial charge in [0.2, 0.25) is 0 Å². The quantitative estimate of drug-likeness (QED) is 0.651. The van der Waals surface area contributed by atoms with Crippen molar-refractivity contribution in [3.05, 3.63) is 52.7 Å². The minimum absolute atomic E-state index is 0. The zero-order chi connectivity index (χ0) is 15.0. The van der Waals surface area contributed by atoms with E-state index in [0.29, 0.717) is 17.1 Å².